The highest BCUT2D eigenvalue weighted by Crippen LogP contribution is 2.30. The van der Waals surface area contributed by atoms with Crippen LogP contribution in [0.15, 0.2) is 0 Å². The highest BCUT2D eigenvalue weighted by atomic mass is 32.1. The summed E-state index contributed by atoms with van der Waals surface area (Å²) in [4.78, 5) is 8.87. The Kier molecular flexibility index (Phi) is 3.20. The molecule has 100 valence electrons. The summed E-state index contributed by atoms with van der Waals surface area (Å²) in [6, 6.07) is 0. The first-order valence-corrected chi connectivity index (χ1v) is 7.70. The molecule has 3 rings (SSSR count). The average molecular weight is 266 g/mol. The second-order valence-electron chi connectivity index (χ2n) is 6.15. The Morgan fingerprint density at radius 2 is 2.28 bits per heavy atom. The molecule has 0 N–H and O–H groups in total. The van der Waals surface area contributed by atoms with E-state index in [0.717, 1.165) is 19.7 Å². The molecule has 2 heterocycles. The molecule has 0 radical (unpaired) electrons. The van der Waals surface area contributed by atoms with E-state index in [9.17, 15) is 0 Å². The van der Waals surface area contributed by atoms with Crippen molar-refractivity contribution in [3.05, 3.63) is 15.6 Å². The van der Waals surface area contributed by atoms with E-state index in [-0.39, 0.29) is 5.54 Å². The lowest BCUT2D eigenvalue weighted by Crippen LogP contribution is -2.54. The number of morpholine rings is 1. The quantitative estimate of drug-likeness (QED) is 0.823. The molecule has 1 fully saturated rings. The first kappa shape index (κ1) is 12.6. The predicted octanol–water partition coefficient (Wildman–Crippen LogP) is 2.63. The minimum atomic E-state index is 0.128. The van der Waals surface area contributed by atoms with Gasteiger partial charge in [0.1, 0.15) is 5.01 Å². The van der Waals surface area contributed by atoms with E-state index < -0.39 is 0 Å². The first-order valence-electron chi connectivity index (χ1n) is 6.89. The van der Waals surface area contributed by atoms with Crippen LogP contribution in [0.5, 0.6) is 0 Å². The molecular weight excluding hydrogens is 244 g/mol. The minimum absolute atomic E-state index is 0.128. The Bertz CT molecular complexity index is 420. The number of aryl methyl sites for hydroxylation is 2. The summed E-state index contributed by atoms with van der Waals surface area (Å²) in [6.07, 6.45) is 4.07. The molecule has 1 aliphatic carbocycles. The van der Waals surface area contributed by atoms with Gasteiger partial charge >= 0.3 is 0 Å². The van der Waals surface area contributed by atoms with Crippen LogP contribution in [-0.4, -0.2) is 34.7 Å². The van der Waals surface area contributed by atoms with Crippen molar-refractivity contribution < 1.29 is 4.74 Å². The number of aromatic nitrogens is 1. The minimum Gasteiger partial charge on any atom is -0.375 e. The monoisotopic (exact) mass is 266 g/mol. The number of fused-ring (bicyclic) bond motifs is 1. The maximum Gasteiger partial charge on any atom is 0.107 e. The van der Waals surface area contributed by atoms with Gasteiger partial charge in [-0.3, -0.25) is 4.90 Å². The maximum absolute atomic E-state index is 5.76. The van der Waals surface area contributed by atoms with E-state index >= 15 is 0 Å². The molecule has 1 aliphatic heterocycles. The molecule has 0 aromatic carbocycles. The highest BCUT2D eigenvalue weighted by molar-refractivity contribution is 7.11. The molecule has 0 amide bonds. The molecule has 2 aliphatic rings. The summed E-state index contributed by atoms with van der Waals surface area (Å²) in [6.45, 7) is 9.50. The molecule has 0 bridgehead atoms. The molecular formula is C14H22N2OS. The van der Waals surface area contributed by atoms with Crippen LogP contribution in [0.25, 0.3) is 0 Å². The summed E-state index contributed by atoms with van der Waals surface area (Å²) >= 11 is 1.92. The zero-order valence-electron chi connectivity index (χ0n) is 11.5. The smallest absolute Gasteiger partial charge is 0.107 e. The third-order valence-electron chi connectivity index (χ3n) is 4.02. The van der Waals surface area contributed by atoms with Gasteiger partial charge in [-0.15, -0.1) is 11.3 Å². The number of ether oxygens (including phenoxy) is 1. The van der Waals surface area contributed by atoms with Crippen molar-refractivity contribution in [3.8, 4) is 0 Å². The standard InChI is InChI=1S/C14H22N2OS/c1-10-7-16(14(2,3)9-17-10)8-13-15-11-5-4-6-12(11)18-13/h10H,4-9H2,1-3H3. The lowest BCUT2D eigenvalue weighted by atomic mass is 10.0. The van der Waals surface area contributed by atoms with Gasteiger partial charge in [0.05, 0.1) is 24.9 Å². The van der Waals surface area contributed by atoms with Gasteiger partial charge in [0, 0.05) is 17.0 Å². The number of rotatable bonds is 2. The number of nitrogens with zero attached hydrogens (tertiary/aromatic N) is 2. The topological polar surface area (TPSA) is 25.4 Å². The van der Waals surface area contributed by atoms with Crippen LogP contribution in [0, 0.1) is 0 Å². The van der Waals surface area contributed by atoms with Crippen LogP contribution in [0.2, 0.25) is 0 Å². The predicted molar refractivity (Wildman–Crippen MR) is 74.0 cm³/mol. The Hall–Kier alpha value is -0.450. The Labute approximate surface area is 113 Å². The van der Waals surface area contributed by atoms with Crippen molar-refractivity contribution in [1.29, 1.82) is 0 Å². The van der Waals surface area contributed by atoms with Gasteiger partial charge in [-0.2, -0.15) is 0 Å². The maximum atomic E-state index is 5.76. The van der Waals surface area contributed by atoms with Gasteiger partial charge in [-0.25, -0.2) is 4.98 Å². The summed E-state index contributed by atoms with van der Waals surface area (Å²) < 4.78 is 5.76. The largest absolute Gasteiger partial charge is 0.375 e. The van der Waals surface area contributed by atoms with Crippen LogP contribution in [-0.2, 0) is 24.1 Å². The first-order chi connectivity index (χ1) is 8.54. The zero-order valence-corrected chi connectivity index (χ0v) is 12.3. The fourth-order valence-electron chi connectivity index (χ4n) is 2.80. The van der Waals surface area contributed by atoms with Crippen LogP contribution >= 0.6 is 11.3 Å². The summed E-state index contributed by atoms with van der Waals surface area (Å²) in [5, 5.41) is 1.29. The van der Waals surface area contributed by atoms with Crippen LogP contribution in [0.4, 0.5) is 0 Å². The van der Waals surface area contributed by atoms with Gasteiger partial charge in [0.15, 0.2) is 0 Å². The Morgan fingerprint density at radius 3 is 3.06 bits per heavy atom. The molecule has 18 heavy (non-hydrogen) atoms. The van der Waals surface area contributed by atoms with Crippen molar-refractivity contribution in [1.82, 2.24) is 9.88 Å². The van der Waals surface area contributed by atoms with Gasteiger partial charge < -0.3 is 4.74 Å². The molecule has 3 nitrogen and oxygen atoms in total. The van der Waals surface area contributed by atoms with E-state index in [1.807, 2.05) is 11.3 Å². The van der Waals surface area contributed by atoms with Crippen LogP contribution in [0.1, 0.15) is 42.8 Å². The van der Waals surface area contributed by atoms with E-state index in [2.05, 4.69) is 25.7 Å². The molecule has 1 saturated heterocycles. The van der Waals surface area contributed by atoms with E-state index in [1.54, 1.807) is 0 Å². The second kappa shape index (κ2) is 4.58. The average Bonchev–Trinajstić information content (AvgIpc) is 2.84. The molecule has 0 saturated carbocycles. The number of thiazole rings is 1. The summed E-state index contributed by atoms with van der Waals surface area (Å²) in [5.41, 5.74) is 1.50. The zero-order chi connectivity index (χ0) is 12.8. The fraction of sp³-hybridized carbons (Fsp3) is 0.786. The van der Waals surface area contributed by atoms with E-state index in [1.165, 1.54) is 34.8 Å². The summed E-state index contributed by atoms with van der Waals surface area (Å²) in [7, 11) is 0. The third kappa shape index (κ3) is 2.33. The molecule has 1 aromatic heterocycles. The van der Waals surface area contributed by atoms with Gasteiger partial charge in [0.2, 0.25) is 0 Å². The van der Waals surface area contributed by atoms with Crippen LogP contribution in [0.3, 0.4) is 0 Å². The Morgan fingerprint density at radius 1 is 1.44 bits per heavy atom. The SMILES string of the molecule is CC1CN(Cc2nc3c(s2)CCC3)C(C)(C)CO1. The third-order valence-corrected chi connectivity index (χ3v) is 5.16. The Balaban J connectivity index is 1.73. The van der Waals surface area contributed by atoms with Crippen molar-refractivity contribution in [2.24, 2.45) is 0 Å². The summed E-state index contributed by atoms with van der Waals surface area (Å²) in [5.74, 6) is 0. The molecule has 4 heteroatoms. The van der Waals surface area contributed by atoms with Crippen molar-refractivity contribution in [2.75, 3.05) is 13.2 Å². The second-order valence-corrected chi connectivity index (χ2v) is 7.31. The molecule has 1 atom stereocenters. The van der Waals surface area contributed by atoms with Gasteiger partial charge in [-0.05, 0) is 40.0 Å². The fourth-order valence-corrected chi connectivity index (χ4v) is 3.97. The van der Waals surface area contributed by atoms with Gasteiger partial charge in [0.25, 0.3) is 0 Å². The van der Waals surface area contributed by atoms with E-state index in [0.29, 0.717) is 6.10 Å². The van der Waals surface area contributed by atoms with Crippen molar-refractivity contribution >= 4 is 11.3 Å². The molecule has 1 aromatic rings. The lowest BCUT2D eigenvalue weighted by molar-refractivity contribution is -0.0949. The van der Waals surface area contributed by atoms with Crippen molar-refractivity contribution in [2.45, 2.75) is 58.2 Å². The van der Waals surface area contributed by atoms with E-state index in [4.69, 9.17) is 9.72 Å². The molecule has 1 unspecified atom stereocenters. The molecule has 0 spiro atoms. The van der Waals surface area contributed by atoms with Crippen LogP contribution < -0.4 is 0 Å². The van der Waals surface area contributed by atoms with Crippen molar-refractivity contribution in [3.63, 3.8) is 0 Å². The lowest BCUT2D eigenvalue weighted by Gasteiger charge is -2.44. The van der Waals surface area contributed by atoms with Gasteiger partial charge in [-0.1, -0.05) is 0 Å². The number of hydrogen-bond acceptors (Lipinski definition) is 4. The number of hydrogen-bond donors (Lipinski definition) is 0. The normalized spacial score (nSPS) is 27.4. The highest BCUT2D eigenvalue weighted by Gasteiger charge is 2.34.